The van der Waals surface area contributed by atoms with Gasteiger partial charge in [0.05, 0.1) is 5.56 Å². The first-order valence-corrected chi connectivity index (χ1v) is 12.4. The first kappa shape index (κ1) is 23.3. The van der Waals surface area contributed by atoms with Gasteiger partial charge in [-0.2, -0.15) is 9.40 Å². The molecular formula is C23H26ClN5O3S. The average Bonchev–Trinajstić information content (AvgIpc) is 3.22. The first-order chi connectivity index (χ1) is 15.8. The van der Waals surface area contributed by atoms with Crippen molar-refractivity contribution in [1.82, 2.24) is 19.0 Å². The lowest BCUT2D eigenvalue weighted by Gasteiger charge is -2.35. The number of aromatic nitrogens is 2. The summed E-state index contributed by atoms with van der Waals surface area (Å²) in [7, 11) is -0.665. The lowest BCUT2D eigenvalue weighted by atomic mass is 10.2. The molecule has 0 bridgehead atoms. The van der Waals surface area contributed by atoms with Crippen LogP contribution in [0.1, 0.15) is 15.9 Å². The topological polar surface area (TPSA) is 78.8 Å². The molecule has 0 radical (unpaired) electrons. The first-order valence-electron chi connectivity index (χ1n) is 10.6. The van der Waals surface area contributed by atoms with E-state index in [-0.39, 0.29) is 16.5 Å². The number of carbonyl (C=O) groups excluding carboxylic acids is 1. The minimum absolute atomic E-state index is 0.0770. The number of nitrogens with zero attached hydrogens (tertiary/aromatic N) is 5. The third kappa shape index (κ3) is 5.05. The van der Waals surface area contributed by atoms with E-state index in [1.54, 1.807) is 20.2 Å². The van der Waals surface area contributed by atoms with Crippen LogP contribution in [-0.4, -0.2) is 66.5 Å². The number of sulfonamides is 1. The summed E-state index contributed by atoms with van der Waals surface area (Å²) in [5.74, 6) is -0.386. The second-order valence-corrected chi connectivity index (χ2v) is 10.3. The summed E-state index contributed by atoms with van der Waals surface area (Å²) in [5, 5.41) is 4.60. The van der Waals surface area contributed by atoms with E-state index in [1.807, 2.05) is 48.5 Å². The van der Waals surface area contributed by atoms with Crippen LogP contribution in [0.5, 0.6) is 0 Å². The van der Waals surface area contributed by atoms with Gasteiger partial charge in [0.1, 0.15) is 0 Å². The Morgan fingerprint density at radius 1 is 1.06 bits per heavy atom. The van der Waals surface area contributed by atoms with Crippen LogP contribution in [0.3, 0.4) is 0 Å². The van der Waals surface area contributed by atoms with Crippen LogP contribution in [0.4, 0.5) is 5.69 Å². The molecule has 174 valence electrons. The molecule has 0 spiro atoms. The van der Waals surface area contributed by atoms with Crippen LogP contribution >= 0.6 is 11.6 Å². The quantitative estimate of drug-likeness (QED) is 0.534. The van der Waals surface area contributed by atoms with E-state index in [1.165, 1.54) is 20.1 Å². The highest BCUT2D eigenvalue weighted by Gasteiger charge is 2.35. The predicted molar refractivity (Wildman–Crippen MR) is 128 cm³/mol. The van der Waals surface area contributed by atoms with Crippen LogP contribution in [-0.2, 0) is 23.6 Å². The summed E-state index contributed by atoms with van der Waals surface area (Å²) < 4.78 is 29.7. The molecule has 8 nitrogen and oxygen atoms in total. The third-order valence-corrected chi connectivity index (χ3v) is 7.70. The van der Waals surface area contributed by atoms with Crippen LogP contribution < -0.4 is 4.90 Å². The Morgan fingerprint density at radius 2 is 1.76 bits per heavy atom. The van der Waals surface area contributed by atoms with Gasteiger partial charge in [0.25, 0.3) is 15.9 Å². The van der Waals surface area contributed by atoms with Crippen molar-refractivity contribution in [2.75, 3.05) is 38.1 Å². The molecule has 0 N–H and O–H groups in total. The number of benzene rings is 2. The molecule has 33 heavy (non-hydrogen) atoms. The van der Waals surface area contributed by atoms with Crippen molar-refractivity contribution in [3.8, 4) is 0 Å². The number of amides is 1. The molecule has 1 fully saturated rings. The lowest BCUT2D eigenvalue weighted by molar-refractivity contribution is 0.0781. The molecule has 1 saturated heterocycles. The number of rotatable bonds is 6. The van der Waals surface area contributed by atoms with Gasteiger partial charge in [-0.1, -0.05) is 48.0 Å². The fourth-order valence-electron chi connectivity index (χ4n) is 3.92. The number of hydrogen-bond acceptors (Lipinski definition) is 5. The second-order valence-electron chi connectivity index (χ2n) is 8.04. The number of halogens is 1. The molecule has 1 aliphatic heterocycles. The maximum absolute atomic E-state index is 13.4. The lowest BCUT2D eigenvalue weighted by Crippen LogP contribution is -2.49. The Kier molecular flexibility index (Phi) is 6.73. The second kappa shape index (κ2) is 9.54. The van der Waals surface area contributed by atoms with Gasteiger partial charge >= 0.3 is 0 Å². The predicted octanol–water partition coefficient (Wildman–Crippen LogP) is 2.86. The Balaban J connectivity index is 1.51. The van der Waals surface area contributed by atoms with Crippen molar-refractivity contribution in [2.24, 2.45) is 7.05 Å². The van der Waals surface area contributed by atoms with Crippen LogP contribution in [0.15, 0.2) is 65.8 Å². The van der Waals surface area contributed by atoms with Gasteiger partial charge in [0.15, 0.2) is 0 Å². The number of piperazine rings is 1. The summed E-state index contributed by atoms with van der Waals surface area (Å²) in [6, 6.07) is 17.0. The van der Waals surface area contributed by atoms with Crippen molar-refractivity contribution < 1.29 is 13.2 Å². The maximum Gasteiger partial charge on any atom is 0.263 e. The Labute approximate surface area is 199 Å². The van der Waals surface area contributed by atoms with E-state index in [2.05, 4.69) is 10.00 Å². The molecule has 0 saturated carbocycles. The number of hydrogen-bond donors (Lipinski definition) is 0. The largest absolute Gasteiger partial charge is 0.369 e. The zero-order valence-electron chi connectivity index (χ0n) is 18.6. The number of anilines is 1. The van der Waals surface area contributed by atoms with Crippen molar-refractivity contribution in [1.29, 1.82) is 0 Å². The Hall–Kier alpha value is -2.88. The minimum Gasteiger partial charge on any atom is -0.369 e. The normalized spacial score (nSPS) is 14.9. The minimum atomic E-state index is -3.94. The summed E-state index contributed by atoms with van der Waals surface area (Å²) in [4.78, 5) is 16.7. The summed E-state index contributed by atoms with van der Waals surface area (Å²) in [5.41, 5.74) is 1.99. The van der Waals surface area contributed by atoms with Crippen LogP contribution in [0.25, 0.3) is 0 Å². The maximum atomic E-state index is 13.4. The molecule has 0 unspecified atom stereocenters. The zero-order chi connectivity index (χ0) is 23.6. The summed E-state index contributed by atoms with van der Waals surface area (Å²) in [6.07, 6.45) is 1.47. The van der Waals surface area contributed by atoms with Gasteiger partial charge in [-0.3, -0.25) is 9.48 Å². The summed E-state index contributed by atoms with van der Waals surface area (Å²) >= 11 is 6.09. The molecule has 4 rings (SSSR count). The number of carbonyl (C=O) groups is 1. The van der Waals surface area contributed by atoms with Crippen molar-refractivity contribution in [3.05, 3.63) is 76.9 Å². The summed E-state index contributed by atoms with van der Waals surface area (Å²) in [6.45, 7) is 1.98. The highest BCUT2D eigenvalue weighted by Crippen LogP contribution is 2.25. The molecule has 2 aromatic carbocycles. The van der Waals surface area contributed by atoms with Gasteiger partial charge in [-0.15, -0.1) is 0 Å². The average molecular weight is 488 g/mol. The van der Waals surface area contributed by atoms with E-state index in [0.717, 1.165) is 11.3 Å². The molecule has 0 atom stereocenters. The van der Waals surface area contributed by atoms with E-state index in [9.17, 15) is 13.2 Å². The zero-order valence-corrected chi connectivity index (χ0v) is 20.1. The molecule has 10 heteroatoms. The highest BCUT2D eigenvalue weighted by molar-refractivity contribution is 7.89. The van der Waals surface area contributed by atoms with E-state index in [4.69, 9.17) is 11.6 Å². The monoisotopic (exact) mass is 487 g/mol. The molecule has 1 aromatic heterocycles. The molecule has 2 heterocycles. The molecule has 0 aliphatic carbocycles. The van der Waals surface area contributed by atoms with Gasteiger partial charge in [0, 0.05) is 63.7 Å². The van der Waals surface area contributed by atoms with E-state index >= 15 is 0 Å². The van der Waals surface area contributed by atoms with Crippen molar-refractivity contribution >= 4 is 33.2 Å². The molecular weight excluding hydrogens is 462 g/mol. The molecule has 3 aromatic rings. The highest BCUT2D eigenvalue weighted by atomic mass is 35.5. The fourth-order valence-corrected chi connectivity index (χ4v) is 5.64. The van der Waals surface area contributed by atoms with Gasteiger partial charge < -0.3 is 9.80 Å². The molecule has 1 aliphatic rings. The molecule has 1 amide bonds. The smallest absolute Gasteiger partial charge is 0.263 e. The van der Waals surface area contributed by atoms with E-state index in [0.29, 0.717) is 37.7 Å². The van der Waals surface area contributed by atoms with Gasteiger partial charge in [-0.25, -0.2) is 8.42 Å². The van der Waals surface area contributed by atoms with Crippen molar-refractivity contribution in [2.45, 2.75) is 11.6 Å². The third-order valence-electron chi connectivity index (χ3n) is 5.63. The van der Waals surface area contributed by atoms with Gasteiger partial charge in [-0.05, 0) is 23.8 Å². The fraction of sp³-hybridized carbons (Fsp3) is 0.304. The standard InChI is InChI=1S/C23H26ClN5O3S/c1-26(16-18-7-4-3-5-8-18)23(30)21-17-27(2)25-22(21)33(31,32)29-13-11-28(12-14-29)20-10-6-9-19(24)15-20/h3-10,15,17H,11-14,16H2,1-2H3. The van der Waals surface area contributed by atoms with Crippen LogP contribution in [0.2, 0.25) is 5.02 Å². The SMILES string of the molecule is CN(Cc1ccccc1)C(=O)c1cn(C)nc1S(=O)(=O)N1CCN(c2cccc(Cl)c2)CC1. The Morgan fingerprint density at radius 3 is 2.42 bits per heavy atom. The van der Waals surface area contributed by atoms with E-state index < -0.39 is 10.0 Å². The van der Waals surface area contributed by atoms with Crippen molar-refractivity contribution in [3.63, 3.8) is 0 Å². The van der Waals surface area contributed by atoms with Crippen LogP contribution in [0, 0.1) is 0 Å². The number of aryl methyl sites for hydroxylation is 1. The Bertz CT molecular complexity index is 1240. The van der Waals surface area contributed by atoms with Gasteiger partial charge in [0.2, 0.25) is 5.03 Å².